The molecule has 0 aliphatic heterocycles. The summed E-state index contributed by atoms with van der Waals surface area (Å²) in [6, 6.07) is 0. The first-order valence-corrected chi connectivity index (χ1v) is 5.38. The van der Waals surface area contributed by atoms with Crippen LogP contribution in [0.2, 0.25) is 0 Å². The minimum Gasteiger partial charge on any atom is -0.370 e. The van der Waals surface area contributed by atoms with Crippen molar-refractivity contribution in [3.63, 3.8) is 0 Å². The van der Waals surface area contributed by atoms with Crippen LogP contribution in [0.1, 0.15) is 19.8 Å². The van der Waals surface area contributed by atoms with Crippen molar-refractivity contribution in [3.05, 3.63) is 0 Å². The van der Waals surface area contributed by atoms with Gasteiger partial charge in [0.2, 0.25) is 11.8 Å². The fourth-order valence-corrected chi connectivity index (χ4v) is 1.47. The standard InChI is InChI=1S/C10H19N3O3/c1-10(12,7-2-3-7)9(15)13-4-5-16-6-8(11)14/h7H,2-6,12H2,1H3,(H2,11,14)(H,13,15). The summed E-state index contributed by atoms with van der Waals surface area (Å²) in [6.45, 7) is 2.21. The summed E-state index contributed by atoms with van der Waals surface area (Å²) in [5.41, 5.74) is 9.99. The molecule has 1 fully saturated rings. The second-order valence-corrected chi connectivity index (χ2v) is 4.33. The van der Waals surface area contributed by atoms with Crippen LogP contribution < -0.4 is 16.8 Å². The first-order chi connectivity index (χ1) is 7.44. The Kier molecular flexibility index (Phi) is 4.26. The Balaban J connectivity index is 2.12. The van der Waals surface area contributed by atoms with Crippen molar-refractivity contribution in [2.45, 2.75) is 25.3 Å². The Hall–Kier alpha value is -1.14. The molecule has 6 nitrogen and oxygen atoms in total. The monoisotopic (exact) mass is 229 g/mol. The fourth-order valence-electron chi connectivity index (χ4n) is 1.47. The Morgan fingerprint density at radius 1 is 1.50 bits per heavy atom. The lowest BCUT2D eigenvalue weighted by Crippen LogP contribution is -2.53. The van der Waals surface area contributed by atoms with E-state index in [4.69, 9.17) is 16.2 Å². The van der Waals surface area contributed by atoms with Gasteiger partial charge in [0.05, 0.1) is 12.1 Å². The van der Waals surface area contributed by atoms with Gasteiger partial charge >= 0.3 is 0 Å². The number of primary amides is 1. The van der Waals surface area contributed by atoms with Crippen LogP contribution in [0.3, 0.4) is 0 Å². The van der Waals surface area contributed by atoms with Gasteiger partial charge in [-0.3, -0.25) is 9.59 Å². The van der Waals surface area contributed by atoms with Crippen molar-refractivity contribution < 1.29 is 14.3 Å². The summed E-state index contributed by atoms with van der Waals surface area (Å²) < 4.78 is 4.90. The molecule has 16 heavy (non-hydrogen) atoms. The van der Waals surface area contributed by atoms with Crippen molar-refractivity contribution in [2.24, 2.45) is 17.4 Å². The molecular weight excluding hydrogens is 210 g/mol. The third-order valence-electron chi connectivity index (χ3n) is 2.69. The summed E-state index contributed by atoms with van der Waals surface area (Å²) >= 11 is 0. The van der Waals surface area contributed by atoms with E-state index >= 15 is 0 Å². The number of ether oxygens (including phenoxy) is 1. The van der Waals surface area contributed by atoms with Gasteiger partial charge in [-0.05, 0) is 25.7 Å². The van der Waals surface area contributed by atoms with Crippen molar-refractivity contribution in [1.29, 1.82) is 0 Å². The summed E-state index contributed by atoms with van der Waals surface area (Å²) in [5, 5.41) is 2.68. The third-order valence-corrected chi connectivity index (χ3v) is 2.69. The zero-order valence-corrected chi connectivity index (χ0v) is 9.49. The van der Waals surface area contributed by atoms with Gasteiger partial charge < -0.3 is 21.5 Å². The molecule has 1 aliphatic rings. The SMILES string of the molecule is CC(N)(C(=O)NCCOCC(N)=O)C1CC1. The number of rotatable bonds is 7. The highest BCUT2D eigenvalue weighted by Crippen LogP contribution is 2.37. The number of carbonyl (C=O) groups is 2. The number of amides is 2. The van der Waals surface area contributed by atoms with E-state index < -0.39 is 11.4 Å². The summed E-state index contributed by atoms with van der Waals surface area (Å²) in [5.74, 6) is -0.398. The van der Waals surface area contributed by atoms with Gasteiger partial charge in [-0.1, -0.05) is 0 Å². The minimum atomic E-state index is -0.788. The van der Waals surface area contributed by atoms with E-state index in [1.807, 2.05) is 0 Å². The van der Waals surface area contributed by atoms with E-state index in [9.17, 15) is 9.59 Å². The second kappa shape index (κ2) is 5.27. The molecule has 2 amide bonds. The van der Waals surface area contributed by atoms with Gasteiger partial charge in [0.15, 0.2) is 0 Å². The van der Waals surface area contributed by atoms with E-state index in [1.165, 1.54) is 0 Å². The average molecular weight is 229 g/mol. The first-order valence-electron chi connectivity index (χ1n) is 5.38. The molecule has 0 aromatic rings. The van der Waals surface area contributed by atoms with Gasteiger partial charge in [0.25, 0.3) is 0 Å². The maximum absolute atomic E-state index is 11.7. The maximum Gasteiger partial charge on any atom is 0.243 e. The number of nitrogens with two attached hydrogens (primary N) is 2. The molecule has 6 heteroatoms. The highest BCUT2D eigenvalue weighted by molar-refractivity contribution is 5.86. The molecule has 0 saturated heterocycles. The van der Waals surface area contributed by atoms with Crippen LogP contribution in [0.4, 0.5) is 0 Å². The van der Waals surface area contributed by atoms with Gasteiger partial charge in [0, 0.05) is 6.54 Å². The summed E-state index contributed by atoms with van der Waals surface area (Å²) in [6.07, 6.45) is 2.02. The molecule has 1 rings (SSSR count). The highest BCUT2D eigenvalue weighted by Gasteiger charge is 2.43. The average Bonchev–Trinajstić information content (AvgIpc) is 2.99. The lowest BCUT2D eigenvalue weighted by molar-refractivity contribution is -0.126. The van der Waals surface area contributed by atoms with Crippen LogP contribution in [0, 0.1) is 5.92 Å². The minimum absolute atomic E-state index is 0.127. The second-order valence-electron chi connectivity index (χ2n) is 4.33. The van der Waals surface area contributed by atoms with Crippen molar-refractivity contribution in [3.8, 4) is 0 Å². The molecule has 5 N–H and O–H groups in total. The molecule has 1 unspecified atom stereocenters. The Morgan fingerprint density at radius 2 is 2.12 bits per heavy atom. The lowest BCUT2D eigenvalue weighted by Gasteiger charge is -2.22. The molecular formula is C10H19N3O3. The van der Waals surface area contributed by atoms with Gasteiger partial charge in [0.1, 0.15) is 6.61 Å². The third kappa shape index (κ3) is 3.79. The topological polar surface area (TPSA) is 107 Å². The first kappa shape index (κ1) is 12.9. The predicted molar refractivity (Wildman–Crippen MR) is 58.3 cm³/mol. The Morgan fingerprint density at radius 3 is 2.62 bits per heavy atom. The van der Waals surface area contributed by atoms with Gasteiger partial charge in [-0.2, -0.15) is 0 Å². The normalized spacial score (nSPS) is 18.9. The number of hydrogen-bond acceptors (Lipinski definition) is 4. The number of hydrogen-bond donors (Lipinski definition) is 3. The zero-order chi connectivity index (χ0) is 12.2. The quantitative estimate of drug-likeness (QED) is 0.473. The molecule has 0 spiro atoms. The van der Waals surface area contributed by atoms with Crippen LogP contribution >= 0.6 is 0 Å². The Bertz CT molecular complexity index is 274. The van der Waals surface area contributed by atoms with E-state index in [0.717, 1.165) is 12.8 Å². The van der Waals surface area contributed by atoms with Crippen LogP contribution in [0.25, 0.3) is 0 Å². The van der Waals surface area contributed by atoms with E-state index in [1.54, 1.807) is 6.92 Å². The molecule has 1 aliphatic carbocycles. The van der Waals surface area contributed by atoms with Crippen LogP contribution in [-0.4, -0.2) is 37.1 Å². The summed E-state index contributed by atoms with van der Waals surface area (Å²) in [7, 11) is 0. The highest BCUT2D eigenvalue weighted by atomic mass is 16.5. The van der Waals surface area contributed by atoms with E-state index in [0.29, 0.717) is 12.5 Å². The summed E-state index contributed by atoms with van der Waals surface area (Å²) in [4.78, 5) is 22.0. The molecule has 0 aromatic heterocycles. The fraction of sp³-hybridized carbons (Fsp3) is 0.800. The molecule has 92 valence electrons. The molecule has 0 radical (unpaired) electrons. The van der Waals surface area contributed by atoms with E-state index in [2.05, 4.69) is 5.32 Å². The molecule has 0 aromatic carbocycles. The van der Waals surface area contributed by atoms with Gasteiger partial charge in [-0.25, -0.2) is 0 Å². The Labute approximate surface area is 94.7 Å². The molecule has 0 bridgehead atoms. The van der Waals surface area contributed by atoms with Crippen molar-refractivity contribution in [2.75, 3.05) is 19.8 Å². The largest absolute Gasteiger partial charge is 0.370 e. The molecule has 1 saturated carbocycles. The zero-order valence-electron chi connectivity index (χ0n) is 9.49. The van der Waals surface area contributed by atoms with Crippen LogP contribution in [0.5, 0.6) is 0 Å². The lowest BCUT2D eigenvalue weighted by atomic mass is 9.96. The van der Waals surface area contributed by atoms with E-state index in [-0.39, 0.29) is 19.1 Å². The van der Waals surface area contributed by atoms with Gasteiger partial charge in [-0.15, -0.1) is 0 Å². The molecule has 1 atom stereocenters. The number of nitrogens with one attached hydrogen (secondary N) is 1. The number of carbonyl (C=O) groups excluding carboxylic acids is 2. The maximum atomic E-state index is 11.7. The smallest absolute Gasteiger partial charge is 0.243 e. The van der Waals surface area contributed by atoms with Crippen molar-refractivity contribution in [1.82, 2.24) is 5.32 Å². The predicted octanol–water partition coefficient (Wildman–Crippen LogP) is -1.27. The van der Waals surface area contributed by atoms with Crippen LogP contribution in [0.15, 0.2) is 0 Å². The van der Waals surface area contributed by atoms with Crippen molar-refractivity contribution >= 4 is 11.8 Å². The van der Waals surface area contributed by atoms with Crippen LogP contribution in [-0.2, 0) is 14.3 Å². The molecule has 0 heterocycles.